The zero-order valence-corrected chi connectivity index (χ0v) is 11.9. The highest BCUT2D eigenvalue weighted by molar-refractivity contribution is 6.03. The molecule has 0 heterocycles. The van der Waals surface area contributed by atoms with Crippen LogP contribution in [0, 0.1) is 0 Å². The Labute approximate surface area is 134 Å². The van der Waals surface area contributed by atoms with E-state index >= 15 is 0 Å². The third kappa shape index (κ3) is 4.37. The average Bonchev–Trinajstić information content (AvgIpc) is 2.52. The molecule has 2 rings (SSSR count). The number of para-hydroxylation sites is 1. The van der Waals surface area contributed by atoms with Crippen LogP contribution in [0.1, 0.15) is 31.1 Å². The highest BCUT2D eigenvalue weighted by Gasteiger charge is 2.17. The summed E-state index contributed by atoms with van der Waals surface area (Å²) in [6.07, 6.45) is 0. The third-order valence-electron chi connectivity index (χ3n) is 2.72. The minimum Gasteiger partial charge on any atom is -0.504 e. The highest BCUT2D eigenvalue weighted by Crippen LogP contribution is 2.32. The zero-order valence-electron chi connectivity index (χ0n) is 11.9. The predicted octanol–water partition coefficient (Wildman–Crippen LogP) is 1.58. The maximum atomic E-state index is 10.6. The summed E-state index contributed by atoms with van der Waals surface area (Å²) >= 11 is 0. The van der Waals surface area contributed by atoms with Crippen molar-refractivity contribution in [2.75, 3.05) is 0 Å². The summed E-state index contributed by atoms with van der Waals surface area (Å²) in [5.41, 5.74) is -1.24. The van der Waals surface area contributed by atoms with E-state index in [1.54, 1.807) is 0 Å². The van der Waals surface area contributed by atoms with E-state index in [0.29, 0.717) is 0 Å². The number of phenols is 3. The molecule has 2 aromatic rings. The maximum absolute atomic E-state index is 10.6. The molecule has 0 aromatic heterocycles. The summed E-state index contributed by atoms with van der Waals surface area (Å²) in [6.45, 7) is 0. The topological polar surface area (TPSA) is 173 Å². The van der Waals surface area contributed by atoms with E-state index in [2.05, 4.69) is 0 Å². The van der Waals surface area contributed by atoms with Crippen molar-refractivity contribution in [2.45, 2.75) is 0 Å². The second-order valence-corrected chi connectivity index (χ2v) is 4.32. The van der Waals surface area contributed by atoms with Gasteiger partial charge in [-0.2, -0.15) is 0 Å². The summed E-state index contributed by atoms with van der Waals surface area (Å²) in [6, 6.07) is 6.82. The monoisotopic (exact) mass is 336 g/mol. The Morgan fingerprint density at radius 1 is 0.667 bits per heavy atom. The minimum absolute atomic E-state index is 0.266. The van der Waals surface area contributed by atoms with Crippen molar-refractivity contribution < 1.29 is 45.0 Å². The van der Waals surface area contributed by atoms with Gasteiger partial charge in [0.2, 0.25) is 0 Å². The van der Waals surface area contributed by atoms with Gasteiger partial charge in [0.15, 0.2) is 17.2 Å². The van der Waals surface area contributed by atoms with Gasteiger partial charge in [0.05, 0.1) is 16.7 Å². The number of aromatic carboxylic acids is 3. The molecular weight excluding hydrogens is 324 g/mol. The lowest BCUT2D eigenvalue weighted by atomic mass is 10.0. The molecule has 24 heavy (non-hydrogen) atoms. The van der Waals surface area contributed by atoms with E-state index in [4.69, 9.17) is 30.6 Å². The van der Waals surface area contributed by atoms with Crippen molar-refractivity contribution in [3.63, 3.8) is 0 Å². The molecule has 0 unspecified atom stereocenters. The number of carboxylic acid groups (broad SMARTS) is 3. The van der Waals surface area contributed by atoms with Gasteiger partial charge in [-0.25, -0.2) is 14.4 Å². The third-order valence-corrected chi connectivity index (χ3v) is 2.72. The second kappa shape index (κ2) is 7.49. The maximum Gasteiger partial charge on any atom is 0.336 e. The Bertz CT molecular complexity index is 775. The molecule has 0 amide bonds. The van der Waals surface area contributed by atoms with Crippen molar-refractivity contribution in [1.29, 1.82) is 0 Å². The van der Waals surface area contributed by atoms with Crippen LogP contribution in [0.3, 0.4) is 0 Å². The van der Waals surface area contributed by atoms with Crippen LogP contribution in [-0.4, -0.2) is 48.5 Å². The molecular formula is C15H12O9. The fraction of sp³-hybridized carbons (Fsp3) is 0. The van der Waals surface area contributed by atoms with Crippen LogP contribution >= 0.6 is 0 Å². The van der Waals surface area contributed by atoms with Gasteiger partial charge < -0.3 is 30.6 Å². The minimum atomic E-state index is -1.48. The lowest BCUT2D eigenvalue weighted by Gasteiger charge is -2.02. The van der Waals surface area contributed by atoms with E-state index < -0.39 is 34.8 Å². The van der Waals surface area contributed by atoms with Crippen LogP contribution in [0.25, 0.3) is 0 Å². The normalized spacial score (nSPS) is 9.50. The molecule has 2 aromatic carbocycles. The Balaban J connectivity index is 0.000000272. The molecule has 0 fully saturated rings. The number of phenolic OH excluding ortho intramolecular Hbond substituents is 3. The van der Waals surface area contributed by atoms with Gasteiger partial charge >= 0.3 is 17.9 Å². The number of carbonyl (C=O) groups is 3. The first-order valence-corrected chi connectivity index (χ1v) is 6.19. The van der Waals surface area contributed by atoms with E-state index in [1.165, 1.54) is 18.2 Å². The first kappa shape index (κ1) is 18.3. The van der Waals surface area contributed by atoms with Gasteiger partial charge in [-0.1, -0.05) is 6.07 Å². The molecule has 9 heteroatoms. The zero-order chi connectivity index (χ0) is 18.4. The molecule has 0 aliphatic heterocycles. The standard InChI is InChI=1S/C9H6O6.C6H6O3/c10-7(11)4-1-2-5(8(12)13)6(3-4)9(14)15;7-4-2-1-3-5(8)6(4)9/h1-3H,(H,10,11)(H,12,13)(H,14,15);1-3,7-9H. The molecule has 0 saturated heterocycles. The van der Waals surface area contributed by atoms with Crippen molar-refractivity contribution in [3.8, 4) is 17.2 Å². The van der Waals surface area contributed by atoms with Crippen LogP contribution in [0.2, 0.25) is 0 Å². The highest BCUT2D eigenvalue weighted by atomic mass is 16.4. The fourth-order valence-electron chi connectivity index (χ4n) is 1.56. The molecule has 0 saturated carbocycles. The Morgan fingerprint density at radius 2 is 1.17 bits per heavy atom. The van der Waals surface area contributed by atoms with Crippen LogP contribution in [0.5, 0.6) is 17.2 Å². The SMILES string of the molecule is O=C(O)c1ccc(C(=O)O)c(C(=O)O)c1.Oc1cccc(O)c1O. The molecule has 0 radical (unpaired) electrons. The van der Waals surface area contributed by atoms with E-state index in [-0.39, 0.29) is 17.1 Å². The largest absolute Gasteiger partial charge is 0.504 e. The van der Waals surface area contributed by atoms with Crippen LogP contribution in [0.4, 0.5) is 0 Å². The van der Waals surface area contributed by atoms with Gasteiger partial charge in [-0.15, -0.1) is 0 Å². The first-order chi connectivity index (χ1) is 11.1. The summed E-state index contributed by atoms with van der Waals surface area (Å²) in [7, 11) is 0. The number of carboxylic acids is 3. The average molecular weight is 336 g/mol. The number of hydrogen-bond acceptors (Lipinski definition) is 6. The summed E-state index contributed by atoms with van der Waals surface area (Å²) in [5.74, 6) is -5.29. The number of aromatic hydroxyl groups is 3. The summed E-state index contributed by atoms with van der Waals surface area (Å²) in [5, 5.41) is 52.0. The van der Waals surface area contributed by atoms with Crippen molar-refractivity contribution in [2.24, 2.45) is 0 Å². The Hall–Kier alpha value is -3.75. The molecule has 126 valence electrons. The Morgan fingerprint density at radius 3 is 1.54 bits per heavy atom. The van der Waals surface area contributed by atoms with Crippen LogP contribution < -0.4 is 0 Å². The van der Waals surface area contributed by atoms with Gasteiger partial charge in [-0.05, 0) is 30.3 Å². The molecule has 0 aliphatic rings. The Kier molecular flexibility index (Phi) is 5.71. The number of benzene rings is 2. The van der Waals surface area contributed by atoms with E-state index in [9.17, 15) is 14.4 Å². The van der Waals surface area contributed by atoms with Crippen molar-refractivity contribution in [3.05, 3.63) is 53.1 Å². The van der Waals surface area contributed by atoms with Crippen LogP contribution in [-0.2, 0) is 0 Å². The van der Waals surface area contributed by atoms with Gasteiger partial charge in [0, 0.05) is 0 Å². The van der Waals surface area contributed by atoms with Crippen molar-refractivity contribution in [1.82, 2.24) is 0 Å². The number of hydrogen-bond donors (Lipinski definition) is 6. The van der Waals surface area contributed by atoms with Crippen LogP contribution in [0.15, 0.2) is 36.4 Å². The fourth-order valence-corrected chi connectivity index (χ4v) is 1.56. The lowest BCUT2D eigenvalue weighted by Crippen LogP contribution is -2.10. The summed E-state index contributed by atoms with van der Waals surface area (Å²) in [4.78, 5) is 31.8. The molecule has 0 spiro atoms. The first-order valence-electron chi connectivity index (χ1n) is 6.19. The molecule has 9 nitrogen and oxygen atoms in total. The van der Waals surface area contributed by atoms with Gasteiger partial charge in [0.25, 0.3) is 0 Å². The smallest absolute Gasteiger partial charge is 0.336 e. The van der Waals surface area contributed by atoms with E-state index in [1.807, 2.05) is 0 Å². The van der Waals surface area contributed by atoms with E-state index in [0.717, 1.165) is 18.2 Å². The predicted molar refractivity (Wildman–Crippen MR) is 78.8 cm³/mol. The molecule has 0 aliphatic carbocycles. The van der Waals surface area contributed by atoms with Gasteiger partial charge in [0.1, 0.15) is 0 Å². The summed E-state index contributed by atoms with van der Waals surface area (Å²) < 4.78 is 0. The second-order valence-electron chi connectivity index (χ2n) is 4.32. The van der Waals surface area contributed by atoms with Crippen molar-refractivity contribution >= 4 is 17.9 Å². The molecule has 0 bridgehead atoms. The lowest BCUT2D eigenvalue weighted by molar-refractivity contribution is 0.0649. The molecule has 6 N–H and O–H groups in total. The molecule has 0 atom stereocenters. The number of rotatable bonds is 3. The van der Waals surface area contributed by atoms with Gasteiger partial charge in [-0.3, -0.25) is 0 Å². The quantitative estimate of drug-likeness (QED) is 0.455.